The predicted octanol–water partition coefficient (Wildman–Crippen LogP) is 2.59. The summed E-state index contributed by atoms with van der Waals surface area (Å²) in [5.74, 6) is 0.888. The van der Waals surface area contributed by atoms with Crippen molar-refractivity contribution >= 4 is 16.6 Å². The number of anilines is 1. The van der Waals surface area contributed by atoms with Gasteiger partial charge < -0.3 is 14.7 Å². The number of aliphatic hydroxyl groups is 1. The van der Waals surface area contributed by atoms with Crippen LogP contribution in [0.2, 0.25) is 0 Å². The minimum atomic E-state index is -0.0475. The van der Waals surface area contributed by atoms with Crippen molar-refractivity contribution in [2.75, 3.05) is 25.1 Å². The molecular formula is C16H22N2O2. The zero-order valence-corrected chi connectivity index (χ0v) is 12.3. The molecule has 1 N–H and O–H groups in total. The highest BCUT2D eigenvalue weighted by Gasteiger charge is 2.10. The molecule has 2 aromatic rings. The van der Waals surface area contributed by atoms with Gasteiger partial charge in [-0.2, -0.15) is 0 Å². The molecule has 1 aromatic carbocycles. The first-order chi connectivity index (χ1) is 9.61. The minimum Gasteiger partial charge on any atom is -0.390 e. The molecule has 0 bridgehead atoms. The van der Waals surface area contributed by atoms with Crippen LogP contribution in [0.5, 0.6) is 0 Å². The van der Waals surface area contributed by atoms with E-state index in [1.807, 2.05) is 45.2 Å². The Kier molecular flexibility index (Phi) is 4.93. The van der Waals surface area contributed by atoms with Gasteiger partial charge in [0.1, 0.15) is 5.82 Å². The first kappa shape index (κ1) is 14.8. The third-order valence-electron chi connectivity index (χ3n) is 3.17. The summed E-state index contributed by atoms with van der Waals surface area (Å²) < 4.78 is 5.58. The van der Waals surface area contributed by atoms with Crippen LogP contribution in [0.3, 0.4) is 0 Å². The summed E-state index contributed by atoms with van der Waals surface area (Å²) in [6.45, 7) is 5.44. The molecule has 0 unspecified atom stereocenters. The van der Waals surface area contributed by atoms with Crippen LogP contribution >= 0.6 is 0 Å². The Morgan fingerprint density at radius 2 is 2.05 bits per heavy atom. The maximum Gasteiger partial charge on any atom is 0.136 e. The Morgan fingerprint density at radius 3 is 2.75 bits per heavy atom. The molecule has 0 saturated carbocycles. The molecule has 0 fully saturated rings. The molecule has 1 heterocycles. The molecule has 0 aliphatic rings. The van der Waals surface area contributed by atoms with Gasteiger partial charge in [0.15, 0.2) is 0 Å². The van der Waals surface area contributed by atoms with Crippen LogP contribution < -0.4 is 4.90 Å². The number of aliphatic hydroxyl groups excluding tert-OH is 1. The number of hydrogen-bond acceptors (Lipinski definition) is 4. The number of nitrogens with zero attached hydrogens (tertiary/aromatic N) is 2. The summed E-state index contributed by atoms with van der Waals surface area (Å²) in [5, 5.41) is 11.5. The van der Waals surface area contributed by atoms with Crippen LogP contribution in [0.4, 0.5) is 5.82 Å². The van der Waals surface area contributed by atoms with Crippen LogP contribution in [-0.4, -0.2) is 36.4 Å². The standard InChI is InChI=1S/C16H22N2O2/c1-12(2)20-9-8-18(3)16-15-7-5-4-6-13(15)10-14(11-19)17-16/h4-7,10,12,19H,8-9,11H2,1-3H3. The summed E-state index contributed by atoms with van der Waals surface area (Å²) in [6.07, 6.45) is 0.233. The monoisotopic (exact) mass is 274 g/mol. The maximum atomic E-state index is 9.35. The topological polar surface area (TPSA) is 45.6 Å². The van der Waals surface area contributed by atoms with E-state index in [0.717, 1.165) is 23.1 Å². The number of ether oxygens (including phenoxy) is 1. The summed E-state index contributed by atoms with van der Waals surface area (Å²) in [4.78, 5) is 6.61. The summed E-state index contributed by atoms with van der Waals surface area (Å²) in [5.41, 5.74) is 0.690. The minimum absolute atomic E-state index is 0.0475. The molecule has 2 rings (SSSR count). The van der Waals surface area contributed by atoms with Gasteiger partial charge >= 0.3 is 0 Å². The Labute approximate surface area is 120 Å². The molecule has 20 heavy (non-hydrogen) atoms. The fraction of sp³-hybridized carbons (Fsp3) is 0.438. The highest BCUT2D eigenvalue weighted by Crippen LogP contribution is 2.25. The van der Waals surface area contributed by atoms with Gasteiger partial charge in [-0.15, -0.1) is 0 Å². The van der Waals surface area contributed by atoms with Crippen molar-refractivity contribution in [1.82, 2.24) is 4.98 Å². The largest absolute Gasteiger partial charge is 0.390 e. The van der Waals surface area contributed by atoms with Gasteiger partial charge in [-0.1, -0.05) is 24.3 Å². The lowest BCUT2D eigenvalue weighted by Gasteiger charge is -2.21. The van der Waals surface area contributed by atoms with E-state index < -0.39 is 0 Å². The van der Waals surface area contributed by atoms with Gasteiger partial charge in [-0.3, -0.25) is 0 Å². The zero-order chi connectivity index (χ0) is 14.5. The van der Waals surface area contributed by atoms with E-state index in [1.54, 1.807) is 0 Å². The second-order valence-electron chi connectivity index (χ2n) is 5.16. The average molecular weight is 274 g/mol. The first-order valence-corrected chi connectivity index (χ1v) is 6.94. The van der Waals surface area contributed by atoms with Gasteiger partial charge in [0.25, 0.3) is 0 Å². The van der Waals surface area contributed by atoms with Gasteiger partial charge in [-0.25, -0.2) is 4.98 Å². The van der Waals surface area contributed by atoms with E-state index in [-0.39, 0.29) is 12.7 Å². The van der Waals surface area contributed by atoms with E-state index in [0.29, 0.717) is 12.3 Å². The molecule has 0 amide bonds. The third kappa shape index (κ3) is 3.46. The fourth-order valence-electron chi connectivity index (χ4n) is 2.14. The number of rotatable bonds is 6. The van der Waals surface area contributed by atoms with E-state index >= 15 is 0 Å². The third-order valence-corrected chi connectivity index (χ3v) is 3.17. The fourth-order valence-corrected chi connectivity index (χ4v) is 2.14. The van der Waals surface area contributed by atoms with Crippen LogP contribution in [0, 0.1) is 0 Å². The van der Waals surface area contributed by atoms with Gasteiger partial charge in [0.05, 0.1) is 25.0 Å². The lowest BCUT2D eigenvalue weighted by molar-refractivity contribution is 0.0845. The average Bonchev–Trinajstić information content (AvgIpc) is 2.45. The Morgan fingerprint density at radius 1 is 1.30 bits per heavy atom. The van der Waals surface area contributed by atoms with Gasteiger partial charge in [-0.05, 0) is 25.3 Å². The lowest BCUT2D eigenvalue weighted by atomic mass is 10.1. The molecule has 1 aromatic heterocycles. The van der Waals surface area contributed by atoms with E-state index in [9.17, 15) is 5.11 Å². The Bertz CT molecular complexity index is 569. The number of hydrogen-bond donors (Lipinski definition) is 1. The number of likely N-dealkylation sites (N-methyl/N-ethyl adjacent to an activating group) is 1. The molecule has 0 spiro atoms. The van der Waals surface area contributed by atoms with Crippen LogP contribution in [-0.2, 0) is 11.3 Å². The van der Waals surface area contributed by atoms with E-state index in [2.05, 4.69) is 16.0 Å². The van der Waals surface area contributed by atoms with Crippen molar-refractivity contribution in [3.05, 3.63) is 36.0 Å². The molecule has 108 valence electrons. The molecule has 4 nitrogen and oxygen atoms in total. The second-order valence-corrected chi connectivity index (χ2v) is 5.16. The number of benzene rings is 1. The zero-order valence-electron chi connectivity index (χ0n) is 12.3. The van der Waals surface area contributed by atoms with Crippen molar-refractivity contribution in [2.24, 2.45) is 0 Å². The molecule has 0 atom stereocenters. The smallest absolute Gasteiger partial charge is 0.136 e. The number of pyridine rings is 1. The number of fused-ring (bicyclic) bond motifs is 1. The van der Waals surface area contributed by atoms with Crippen molar-refractivity contribution in [1.29, 1.82) is 0 Å². The Balaban J connectivity index is 2.27. The number of aromatic nitrogens is 1. The van der Waals surface area contributed by atoms with Crippen molar-refractivity contribution in [3.8, 4) is 0 Å². The molecule has 0 aliphatic heterocycles. The van der Waals surface area contributed by atoms with Crippen LogP contribution in [0.1, 0.15) is 19.5 Å². The molecule has 0 saturated heterocycles. The normalized spacial score (nSPS) is 11.2. The van der Waals surface area contributed by atoms with Crippen molar-refractivity contribution in [3.63, 3.8) is 0 Å². The van der Waals surface area contributed by atoms with Gasteiger partial charge in [0.2, 0.25) is 0 Å². The molecular weight excluding hydrogens is 252 g/mol. The first-order valence-electron chi connectivity index (χ1n) is 6.94. The second kappa shape index (κ2) is 6.68. The van der Waals surface area contributed by atoms with E-state index in [1.165, 1.54) is 0 Å². The van der Waals surface area contributed by atoms with E-state index in [4.69, 9.17) is 4.74 Å². The quantitative estimate of drug-likeness (QED) is 0.879. The van der Waals surface area contributed by atoms with Crippen molar-refractivity contribution in [2.45, 2.75) is 26.6 Å². The lowest BCUT2D eigenvalue weighted by Crippen LogP contribution is -2.25. The summed E-state index contributed by atoms with van der Waals surface area (Å²) in [7, 11) is 2.00. The molecule has 0 aliphatic carbocycles. The highest BCUT2D eigenvalue weighted by molar-refractivity contribution is 5.92. The highest BCUT2D eigenvalue weighted by atomic mass is 16.5. The van der Waals surface area contributed by atoms with Crippen molar-refractivity contribution < 1.29 is 9.84 Å². The predicted molar refractivity (Wildman–Crippen MR) is 82.0 cm³/mol. The molecule has 0 radical (unpaired) electrons. The van der Waals surface area contributed by atoms with Gasteiger partial charge in [0, 0.05) is 19.0 Å². The van der Waals surface area contributed by atoms with Crippen LogP contribution in [0.25, 0.3) is 10.8 Å². The van der Waals surface area contributed by atoms with Crippen LogP contribution in [0.15, 0.2) is 30.3 Å². The Hall–Kier alpha value is -1.65. The maximum absolute atomic E-state index is 9.35. The SMILES string of the molecule is CC(C)OCCN(C)c1nc(CO)cc2ccccc12. The molecule has 4 heteroatoms. The summed E-state index contributed by atoms with van der Waals surface area (Å²) >= 11 is 0. The summed E-state index contributed by atoms with van der Waals surface area (Å²) in [6, 6.07) is 10.0.